The van der Waals surface area contributed by atoms with Crippen molar-refractivity contribution in [1.29, 1.82) is 0 Å². The summed E-state index contributed by atoms with van der Waals surface area (Å²) in [6.07, 6.45) is 5.90. The Balaban J connectivity index is 1.35. The zero-order valence-corrected chi connectivity index (χ0v) is 20.1. The zero-order valence-electron chi connectivity index (χ0n) is 20.1. The summed E-state index contributed by atoms with van der Waals surface area (Å²) < 4.78 is 1.39. The molecule has 7 nitrogen and oxygen atoms in total. The van der Waals surface area contributed by atoms with Gasteiger partial charge < -0.3 is 9.80 Å². The van der Waals surface area contributed by atoms with E-state index in [0.29, 0.717) is 48.9 Å². The van der Waals surface area contributed by atoms with Crippen LogP contribution in [0.4, 0.5) is 0 Å². The van der Waals surface area contributed by atoms with Crippen molar-refractivity contribution in [1.82, 2.24) is 19.6 Å². The first kappa shape index (κ1) is 23.3. The van der Waals surface area contributed by atoms with Gasteiger partial charge in [-0.15, -0.1) is 0 Å². The molecule has 3 aromatic rings. The molecule has 2 aromatic carbocycles. The lowest BCUT2D eigenvalue weighted by Crippen LogP contribution is -2.45. The molecule has 7 heteroatoms. The summed E-state index contributed by atoms with van der Waals surface area (Å²) in [4.78, 5) is 43.6. The average molecular weight is 473 g/mol. The molecule has 0 N–H and O–H groups in total. The molecule has 2 aliphatic heterocycles. The highest BCUT2D eigenvalue weighted by atomic mass is 16.2. The number of likely N-dealkylation sites (tertiary alicyclic amines) is 2. The standard InChI is InChI=1S/C28H32N4O3/c33-26(30-16-8-1-2-9-17-30)22-14-18-31(19-15-22)28(35)25-23-12-6-7-13-24(23)27(34)32(29-25)20-21-10-4-3-5-11-21/h3-7,10-13,22H,1-2,8-9,14-20H2. The first-order valence-corrected chi connectivity index (χ1v) is 12.7. The zero-order chi connectivity index (χ0) is 24.2. The summed E-state index contributed by atoms with van der Waals surface area (Å²) in [5, 5.41) is 5.62. The quantitative estimate of drug-likeness (QED) is 0.580. The van der Waals surface area contributed by atoms with Crippen molar-refractivity contribution in [3.63, 3.8) is 0 Å². The topological polar surface area (TPSA) is 75.5 Å². The van der Waals surface area contributed by atoms with E-state index in [4.69, 9.17) is 0 Å². The van der Waals surface area contributed by atoms with Crippen LogP contribution in [0, 0.1) is 5.92 Å². The van der Waals surface area contributed by atoms with Crippen LogP contribution in [0.5, 0.6) is 0 Å². The lowest BCUT2D eigenvalue weighted by molar-refractivity contribution is -0.136. The van der Waals surface area contributed by atoms with E-state index in [1.54, 1.807) is 17.0 Å². The molecule has 2 saturated heterocycles. The normalized spacial score (nSPS) is 17.4. The number of fused-ring (bicyclic) bond motifs is 1. The van der Waals surface area contributed by atoms with Gasteiger partial charge >= 0.3 is 0 Å². The monoisotopic (exact) mass is 472 g/mol. The maximum Gasteiger partial charge on any atom is 0.274 e. The summed E-state index contributed by atoms with van der Waals surface area (Å²) in [6.45, 7) is 3.07. The molecule has 0 aliphatic carbocycles. The van der Waals surface area contributed by atoms with Gasteiger partial charge in [0.15, 0.2) is 5.69 Å². The molecule has 2 fully saturated rings. The number of nitrogens with zero attached hydrogens (tertiary/aromatic N) is 4. The van der Waals surface area contributed by atoms with E-state index >= 15 is 0 Å². The Hall–Kier alpha value is -3.48. The smallest absolute Gasteiger partial charge is 0.274 e. The summed E-state index contributed by atoms with van der Waals surface area (Å²) in [5.41, 5.74) is 1.04. The predicted octanol–water partition coefficient (Wildman–Crippen LogP) is 3.70. The molecular weight excluding hydrogens is 440 g/mol. The Labute approximate surface area is 205 Å². The van der Waals surface area contributed by atoms with Crippen LogP contribution in [0.25, 0.3) is 10.8 Å². The highest BCUT2D eigenvalue weighted by Gasteiger charge is 2.32. The highest BCUT2D eigenvalue weighted by Crippen LogP contribution is 2.24. The van der Waals surface area contributed by atoms with Gasteiger partial charge in [0.05, 0.1) is 11.9 Å². The van der Waals surface area contributed by atoms with Crippen LogP contribution in [0.15, 0.2) is 59.4 Å². The molecule has 2 amide bonds. The number of carbonyl (C=O) groups is 2. The van der Waals surface area contributed by atoms with Crippen LogP contribution in [0.2, 0.25) is 0 Å². The predicted molar refractivity (Wildman–Crippen MR) is 135 cm³/mol. The molecule has 35 heavy (non-hydrogen) atoms. The van der Waals surface area contributed by atoms with Gasteiger partial charge in [-0.05, 0) is 37.3 Å². The van der Waals surface area contributed by atoms with Gasteiger partial charge in [0, 0.05) is 37.5 Å². The summed E-state index contributed by atoms with van der Waals surface area (Å²) in [5.74, 6) is 0.0524. The third-order valence-electron chi connectivity index (χ3n) is 7.29. The molecule has 0 saturated carbocycles. The highest BCUT2D eigenvalue weighted by molar-refractivity contribution is 6.04. The van der Waals surface area contributed by atoms with Gasteiger partial charge in [0.2, 0.25) is 5.91 Å². The number of rotatable bonds is 4. The van der Waals surface area contributed by atoms with E-state index in [-0.39, 0.29) is 23.3 Å². The second kappa shape index (κ2) is 10.4. The van der Waals surface area contributed by atoms with Crippen molar-refractivity contribution in [3.8, 4) is 0 Å². The van der Waals surface area contributed by atoms with Gasteiger partial charge in [-0.25, -0.2) is 4.68 Å². The molecule has 0 spiro atoms. The molecule has 5 rings (SSSR count). The fourth-order valence-corrected chi connectivity index (χ4v) is 5.29. The number of amides is 2. The van der Waals surface area contributed by atoms with Crippen molar-refractivity contribution in [3.05, 3.63) is 76.2 Å². The molecular formula is C28H32N4O3. The van der Waals surface area contributed by atoms with Crippen LogP contribution in [0.3, 0.4) is 0 Å². The second-order valence-electron chi connectivity index (χ2n) is 9.65. The summed E-state index contributed by atoms with van der Waals surface area (Å²) >= 11 is 0. The van der Waals surface area contributed by atoms with Gasteiger partial charge in [-0.2, -0.15) is 5.10 Å². The Kier molecular flexibility index (Phi) is 6.93. The molecule has 3 heterocycles. The Morgan fingerprint density at radius 2 is 1.40 bits per heavy atom. The summed E-state index contributed by atoms with van der Waals surface area (Å²) in [6, 6.07) is 16.8. The number of hydrogen-bond acceptors (Lipinski definition) is 4. The average Bonchev–Trinajstić information content (AvgIpc) is 3.20. The third kappa shape index (κ3) is 4.99. The van der Waals surface area contributed by atoms with Crippen LogP contribution in [-0.2, 0) is 11.3 Å². The number of benzene rings is 2. The van der Waals surface area contributed by atoms with Gasteiger partial charge in [-0.3, -0.25) is 14.4 Å². The lowest BCUT2D eigenvalue weighted by Gasteiger charge is -2.34. The van der Waals surface area contributed by atoms with Crippen LogP contribution in [0.1, 0.15) is 54.6 Å². The van der Waals surface area contributed by atoms with Crippen LogP contribution >= 0.6 is 0 Å². The Bertz CT molecular complexity index is 1250. The minimum Gasteiger partial charge on any atom is -0.342 e. The maximum absolute atomic E-state index is 13.6. The van der Waals surface area contributed by atoms with E-state index in [2.05, 4.69) is 5.10 Å². The minimum absolute atomic E-state index is 0.0195. The van der Waals surface area contributed by atoms with Gasteiger partial charge in [0.25, 0.3) is 11.5 Å². The molecule has 0 atom stereocenters. The SMILES string of the molecule is O=C(c1nn(Cc2ccccc2)c(=O)c2ccccc12)N1CCC(C(=O)N2CCCCCC2)CC1. The van der Waals surface area contributed by atoms with Crippen LogP contribution in [-0.4, -0.2) is 57.6 Å². The maximum atomic E-state index is 13.6. The number of carbonyl (C=O) groups excluding carboxylic acids is 2. The van der Waals surface area contributed by atoms with Crippen molar-refractivity contribution in [2.75, 3.05) is 26.2 Å². The van der Waals surface area contributed by atoms with E-state index in [9.17, 15) is 14.4 Å². The summed E-state index contributed by atoms with van der Waals surface area (Å²) in [7, 11) is 0. The second-order valence-corrected chi connectivity index (χ2v) is 9.65. The van der Waals surface area contributed by atoms with E-state index in [1.165, 1.54) is 17.5 Å². The van der Waals surface area contributed by atoms with Crippen molar-refractivity contribution >= 4 is 22.6 Å². The Morgan fingerprint density at radius 3 is 2.09 bits per heavy atom. The first-order valence-electron chi connectivity index (χ1n) is 12.7. The van der Waals surface area contributed by atoms with E-state index in [0.717, 1.165) is 31.5 Å². The van der Waals surface area contributed by atoms with E-state index in [1.807, 2.05) is 47.4 Å². The van der Waals surface area contributed by atoms with Crippen molar-refractivity contribution in [2.24, 2.45) is 5.92 Å². The molecule has 2 aliphatic rings. The first-order chi connectivity index (χ1) is 17.1. The molecule has 0 radical (unpaired) electrons. The number of piperidine rings is 1. The third-order valence-corrected chi connectivity index (χ3v) is 7.29. The molecule has 182 valence electrons. The minimum atomic E-state index is -0.206. The number of aromatic nitrogens is 2. The largest absolute Gasteiger partial charge is 0.342 e. The van der Waals surface area contributed by atoms with Crippen LogP contribution < -0.4 is 5.56 Å². The molecule has 0 unspecified atom stereocenters. The van der Waals surface area contributed by atoms with Gasteiger partial charge in [0.1, 0.15) is 0 Å². The van der Waals surface area contributed by atoms with E-state index < -0.39 is 0 Å². The Morgan fingerprint density at radius 1 is 0.771 bits per heavy atom. The fraction of sp³-hybridized carbons (Fsp3) is 0.429. The fourth-order valence-electron chi connectivity index (χ4n) is 5.29. The number of hydrogen-bond donors (Lipinski definition) is 0. The molecule has 1 aromatic heterocycles. The van der Waals surface area contributed by atoms with Gasteiger partial charge in [-0.1, -0.05) is 61.4 Å². The van der Waals surface area contributed by atoms with Crippen molar-refractivity contribution in [2.45, 2.75) is 45.1 Å². The molecule has 0 bridgehead atoms. The van der Waals surface area contributed by atoms with Crippen molar-refractivity contribution < 1.29 is 9.59 Å². The lowest BCUT2D eigenvalue weighted by atomic mass is 9.94.